The van der Waals surface area contributed by atoms with Crippen molar-refractivity contribution in [1.82, 2.24) is 19.6 Å². The summed E-state index contributed by atoms with van der Waals surface area (Å²) in [7, 11) is 3.83. The Labute approximate surface area is 150 Å². The minimum Gasteiger partial charge on any atom is -0.385 e. The van der Waals surface area contributed by atoms with Gasteiger partial charge < -0.3 is 14.9 Å². The van der Waals surface area contributed by atoms with Gasteiger partial charge in [0, 0.05) is 19.6 Å². The van der Waals surface area contributed by atoms with Crippen molar-refractivity contribution in [2.45, 2.75) is 25.6 Å². The van der Waals surface area contributed by atoms with E-state index in [9.17, 15) is 9.90 Å². The van der Waals surface area contributed by atoms with E-state index in [4.69, 9.17) is 11.6 Å². The van der Waals surface area contributed by atoms with Crippen LogP contribution in [0.25, 0.3) is 0 Å². The van der Waals surface area contributed by atoms with E-state index in [1.807, 2.05) is 34.6 Å². The molecule has 1 aliphatic rings. The first-order valence-corrected chi connectivity index (χ1v) is 9.07. The van der Waals surface area contributed by atoms with E-state index in [0.29, 0.717) is 34.5 Å². The average molecular weight is 369 g/mol. The molecule has 6 nitrogen and oxygen atoms in total. The number of amides is 1. The van der Waals surface area contributed by atoms with Gasteiger partial charge >= 0.3 is 0 Å². The van der Waals surface area contributed by atoms with Gasteiger partial charge in [-0.15, -0.1) is 11.3 Å². The Balaban J connectivity index is 1.77. The first kappa shape index (κ1) is 17.4. The van der Waals surface area contributed by atoms with Gasteiger partial charge in [-0.1, -0.05) is 11.6 Å². The van der Waals surface area contributed by atoms with Gasteiger partial charge in [-0.3, -0.25) is 9.48 Å². The largest absolute Gasteiger partial charge is 0.385 e. The van der Waals surface area contributed by atoms with Crippen LogP contribution in [0.2, 0.25) is 4.34 Å². The highest BCUT2D eigenvalue weighted by atomic mass is 35.5. The molecule has 0 saturated heterocycles. The number of thiophene rings is 1. The molecule has 0 saturated carbocycles. The third-order valence-electron chi connectivity index (χ3n) is 3.98. The van der Waals surface area contributed by atoms with E-state index in [2.05, 4.69) is 5.10 Å². The van der Waals surface area contributed by atoms with E-state index >= 15 is 0 Å². The highest BCUT2D eigenvalue weighted by molar-refractivity contribution is 7.17. The van der Waals surface area contributed by atoms with Crippen LogP contribution in [0.4, 0.5) is 0 Å². The van der Waals surface area contributed by atoms with E-state index in [1.54, 1.807) is 12.1 Å². The molecule has 0 radical (unpaired) electrons. The molecule has 8 heteroatoms. The quantitative estimate of drug-likeness (QED) is 0.899. The Hall–Kier alpha value is -1.41. The zero-order valence-corrected chi connectivity index (χ0v) is 15.3. The molecule has 1 aliphatic heterocycles. The molecule has 1 amide bonds. The number of aryl methyl sites for hydroxylation is 1. The van der Waals surface area contributed by atoms with Crippen LogP contribution in [0.3, 0.4) is 0 Å². The average Bonchev–Trinajstić information content (AvgIpc) is 3.07. The van der Waals surface area contributed by atoms with Gasteiger partial charge in [0.1, 0.15) is 6.10 Å². The summed E-state index contributed by atoms with van der Waals surface area (Å²) in [5.41, 5.74) is 1.61. The van der Waals surface area contributed by atoms with Crippen LogP contribution in [-0.2, 0) is 13.1 Å². The monoisotopic (exact) mass is 368 g/mol. The van der Waals surface area contributed by atoms with Crippen LogP contribution in [-0.4, -0.2) is 57.8 Å². The fraction of sp³-hybridized carbons (Fsp3) is 0.500. The SMILES string of the molecule is CN(C)C[C@H](O)c1cc2n(n1)CCCN(C(=O)c1ccc(Cl)s1)C2. The van der Waals surface area contributed by atoms with Gasteiger partial charge in [0.2, 0.25) is 0 Å². The number of likely N-dealkylation sites (N-methyl/N-ethyl adjacent to an activating group) is 1. The Kier molecular flexibility index (Phi) is 5.24. The smallest absolute Gasteiger partial charge is 0.264 e. The molecule has 3 rings (SSSR count). The Morgan fingerprint density at radius 2 is 2.25 bits per heavy atom. The van der Waals surface area contributed by atoms with Gasteiger partial charge in [-0.05, 0) is 38.7 Å². The fourth-order valence-corrected chi connectivity index (χ4v) is 3.86. The Morgan fingerprint density at radius 3 is 2.92 bits per heavy atom. The molecule has 0 unspecified atom stereocenters. The predicted octanol–water partition coefficient (Wildman–Crippen LogP) is 2.24. The highest BCUT2D eigenvalue weighted by Gasteiger charge is 2.24. The maximum Gasteiger partial charge on any atom is 0.264 e. The molecule has 130 valence electrons. The molecule has 1 N–H and O–H groups in total. The number of hydrogen-bond acceptors (Lipinski definition) is 5. The summed E-state index contributed by atoms with van der Waals surface area (Å²) >= 11 is 7.24. The van der Waals surface area contributed by atoms with E-state index in [1.165, 1.54) is 11.3 Å². The number of rotatable bonds is 4. The van der Waals surface area contributed by atoms with Crippen molar-refractivity contribution in [3.8, 4) is 0 Å². The van der Waals surface area contributed by atoms with Crippen molar-refractivity contribution in [2.75, 3.05) is 27.2 Å². The van der Waals surface area contributed by atoms with E-state index in [-0.39, 0.29) is 5.91 Å². The zero-order chi connectivity index (χ0) is 17.3. The maximum absolute atomic E-state index is 12.7. The molecule has 3 heterocycles. The molecule has 24 heavy (non-hydrogen) atoms. The van der Waals surface area contributed by atoms with Gasteiger partial charge in [-0.2, -0.15) is 5.10 Å². The third kappa shape index (κ3) is 3.80. The second kappa shape index (κ2) is 7.23. The number of carbonyl (C=O) groups excluding carboxylic acids is 1. The molecule has 2 aromatic rings. The number of carbonyl (C=O) groups is 1. The Morgan fingerprint density at radius 1 is 1.46 bits per heavy atom. The van der Waals surface area contributed by atoms with Crippen LogP contribution < -0.4 is 0 Å². The standard InChI is InChI=1S/C16H21ClN4O2S/c1-19(2)10-13(22)12-8-11-9-20(6-3-7-21(11)18-12)16(23)14-4-5-15(17)24-14/h4-5,8,13,22H,3,6-7,9-10H2,1-2H3/t13-/m0/s1. The second-order valence-corrected chi connectivity index (χ2v) is 7.96. The second-order valence-electron chi connectivity index (χ2n) is 6.25. The molecule has 2 aromatic heterocycles. The number of aliphatic hydroxyl groups is 1. The lowest BCUT2D eigenvalue weighted by molar-refractivity contribution is 0.0750. The van der Waals surface area contributed by atoms with Gasteiger partial charge in [0.15, 0.2) is 0 Å². The van der Waals surface area contributed by atoms with Crippen molar-refractivity contribution in [1.29, 1.82) is 0 Å². The van der Waals surface area contributed by atoms with Gasteiger partial charge in [0.25, 0.3) is 5.91 Å². The molecule has 0 aliphatic carbocycles. The summed E-state index contributed by atoms with van der Waals surface area (Å²) in [5.74, 6) is -0.00283. The van der Waals surface area contributed by atoms with Crippen LogP contribution in [0, 0.1) is 0 Å². The van der Waals surface area contributed by atoms with Crippen LogP contribution in [0.15, 0.2) is 18.2 Å². The normalized spacial score (nSPS) is 16.1. The first-order chi connectivity index (χ1) is 11.4. The molecular formula is C16H21ClN4O2S. The zero-order valence-electron chi connectivity index (χ0n) is 13.8. The number of aliphatic hydroxyl groups excluding tert-OH is 1. The van der Waals surface area contributed by atoms with Crippen LogP contribution >= 0.6 is 22.9 Å². The number of halogens is 1. The lowest BCUT2D eigenvalue weighted by Crippen LogP contribution is -2.30. The van der Waals surface area contributed by atoms with E-state index < -0.39 is 6.10 Å². The maximum atomic E-state index is 12.7. The minimum absolute atomic E-state index is 0.00283. The van der Waals surface area contributed by atoms with Gasteiger partial charge in [-0.25, -0.2) is 0 Å². The van der Waals surface area contributed by atoms with Crippen molar-refractivity contribution < 1.29 is 9.90 Å². The highest BCUT2D eigenvalue weighted by Crippen LogP contribution is 2.25. The topological polar surface area (TPSA) is 61.6 Å². The third-order valence-corrected chi connectivity index (χ3v) is 5.20. The summed E-state index contributed by atoms with van der Waals surface area (Å²) in [6, 6.07) is 5.42. The fourth-order valence-electron chi connectivity index (χ4n) is 2.85. The van der Waals surface area contributed by atoms with Crippen molar-refractivity contribution in [3.63, 3.8) is 0 Å². The molecule has 1 atom stereocenters. The summed E-state index contributed by atoms with van der Waals surface area (Å²) in [6.45, 7) is 2.45. The number of aromatic nitrogens is 2. The lowest BCUT2D eigenvalue weighted by atomic mass is 10.2. The summed E-state index contributed by atoms with van der Waals surface area (Å²) in [6.07, 6.45) is 0.211. The van der Waals surface area contributed by atoms with Crippen molar-refractivity contribution in [3.05, 3.63) is 38.8 Å². The Bertz CT molecular complexity index is 727. The molecular weight excluding hydrogens is 348 g/mol. The molecule has 0 aromatic carbocycles. The van der Waals surface area contributed by atoms with Crippen molar-refractivity contribution in [2.24, 2.45) is 0 Å². The lowest BCUT2D eigenvalue weighted by Gasteiger charge is -2.19. The van der Waals surface area contributed by atoms with Crippen molar-refractivity contribution >= 4 is 28.8 Å². The van der Waals surface area contributed by atoms with Gasteiger partial charge in [0.05, 0.1) is 27.1 Å². The summed E-state index contributed by atoms with van der Waals surface area (Å²) < 4.78 is 2.52. The molecule has 0 bridgehead atoms. The number of fused-ring (bicyclic) bond motifs is 1. The van der Waals surface area contributed by atoms with Crippen LogP contribution in [0.1, 0.15) is 33.6 Å². The number of nitrogens with zero attached hydrogens (tertiary/aromatic N) is 4. The predicted molar refractivity (Wildman–Crippen MR) is 94.4 cm³/mol. The number of hydrogen-bond donors (Lipinski definition) is 1. The van der Waals surface area contributed by atoms with Crippen LogP contribution in [0.5, 0.6) is 0 Å². The molecule has 0 spiro atoms. The van der Waals surface area contributed by atoms with E-state index in [0.717, 1.165) is 18.7 Å². The minimum atomic E-state index is -0.625. The summed E-state index contributed by atoms with van der Waals surface area (Å²) in [5, 5.41) is 14.8. The first-order valence-electron chi connectivity index (χ1n) is 7.88. The molecule has 0 fully saturated rings. The summed E-state index contributed by atoms with van der Waals surface area (Å²) in [4.78, 5) is 17.1.